The van der Waals surface area contributed by atoms with E-state index in [4.69, 9.17) is 0 Å². The molecule has 0 fully saturated rings. The van der Waals surface area contributed by atoms with Gasteiger partial charge in [0, 0.05) is 5.69 Å². The summed E-state index contributed by atoms with van der Waals surface area (Å²) in [7, 11) is -3.59. The first kappa shape index (κ1) is 17.2. The number of rotatable bonds is 7. The highest BCUT2D eigenvalue weighted by Gasteiger charge is 2.14. The molecule has 0 atom stereocenters. The number of anilines is 1. The van der Waals surface area contributed by atoms with Crippen molar-refractivity contribution in [1.29, 1.82) is 0 Å². The summed E-state index contributed by atoms with van der Waals surface area (Å²) < 4.78 is 29.3. The molecule has 0 radical (unpaired) electrons. The molecule has 0 amide bonds. The first-order chi connectivity index (χ1) is 12.1. The molecule has 25 heavy (non-hydrogen) atoms. The summed E-state index contributed by atoms with van der Waals surface area (Å²) in [4.78, 5) is 4.16. The molecule has 0 spiro atoms. The molecule has 1 aromatic heterocycles. The Balaban J connectivity index is 1.69. The number of sulfonamides is 1. The van der Waals surface area contributed by atoms with Crippen LogP contribution < -0.4 is 4.72 Å². The minimum Gasteiger partial charge on any atom is -0.280 e. The maximum atomic E-state index is 12.5. The third-order valence-corrected chi connectivity index (χ3v) is 5.19. The topological polar surface area (TPSA) is 76.9 Å². The largest absolute Gasteiger partial charge is 0.280 e. The molecule has 130 valence electrons. The Hall–Kier alpha value is -2.67. The lowest BCUT2D eigenvalue weighted by Gasteiger charge is -2.09. The fourth-order valence-corrected chi connectivity index (χ4v) is 3.58. The Morgan fingerprint density at radius 2 is 1.68 bits per heavy atom. The first-order valence-corrected chi connectivity index (χ1v) is 9.58. The van der Waals surface area contributed by atoms with Gasteiger partial charge < -0.3 is 0 Å². The van der Waals surface area contributed by atoms with Gasteiger partial charge in [-0.2, -0.15) is 5.10 Å². The van der Waals surface area contributed by atoms with Crippen molar-refractivity contribution >= 4 is 15.7 Å². The predicted octanol–water partition coefficient (Wildman–Crippen LogP) is 3.08. The number of nitrogens with one attached hydrogen (secondary N) is 1. The number of aromatic nitrogens is 3. The Morgan fingerprint density at radius 1 is 1.00 bits per heavy atom. The van der Waals surface area contributed by atoms with Crippen molar-refractivity contribution in [3.63, 3.8) is 0 Å². The molecule has 1 heterocycles. The molecule has 0 aliphatic carbocycles. The fraction of sp³-hybridized carbons (Fsp3) is 0.222. The quantitative estimate of drug-likeness (QED) is 0.706. The summed E-state index contributed by atoms with van der Waals surface area (Å²) >= 11 is 0. The lowest BCUT2D eigenvalue weighted by atomic mass is 10.1. The van der Waals surface area contributed by atoms with Crippen LogP contribution in [-0.2, 0) is 23.0 Å². The normalized spacial score (nSPS) is 11.4. The van der Waals surface area contributed by atoms with Gasteiger partial charge in [0.2, 0.25) is 0 Å². The lowest BCUT2D eigenvalue weighted by molar-refractivity contribution is 0.601. The smallest absolute Gasteiger partial charge is 0.261 e. The Labute approximate surface area is 147 Å². The molecular formula is C18H20N4O2S. The van der Waals surface area contributed by atoms with Crippen LogP contribution in [0.4, 0.5) is 5.69 Å². The fourth-order valence-electron chi connectivity index (χ4n) is 2.52. The average Bonchev–Trinajstić information content (AvgIpc) is 3.10. The van der Waals surface area contributed by atoms with E-state index in [0.717, 1.165) is 24.0 Å². The van der Waals surface area contributed by atoms with Crippen molar-refractivity contribution in [3.8, 4) is 0 Å². The zero-order valence-corrected chi connectivity index (χ0v) is 14.8. The average molecular weight is 356 g/mol. The molecule has 2 aromatic carbocycles. The monoisotopic (exact) mass is 356 g/mol. The van der Waals surface area contributed by atoms with Crippen LogP contribution in [0.25, 0.3) is 0 Å². The maximum Gasteiger partial charge on any atom is 0.261 e. The maximum absolute atomic E-state index is 12.5. The first-order valence-electron chi connectivity index (χ1n) is 8.10. The van der Waals surface area contributed by atoms with Crippen molar-refractivity contribution in [3.05, 3.63) is 72.3 Å². The molecule has 1 N–H and O–H groups in total. The molecular weight excluding hydrogens is 336 g/mol. The highest BCUT2D eigenvalue weighted by atomic mass is 32.2. The van der Waals surface area contributed by atoms with E-state index in [1.54, 1.807) is 35.3 Å². The van der Waals surface area contributed by atoms with Crippen molar-refractivity contribution in [1.82, 2.24) is 14.8 Å². The SMILES string of the molecule is CCCc1ccc(S(=O)(=O)Nc2ccc(Cn3cncn3)cc2)cc1. The van der Waals surface area contributed by atoms with E-state index in [1.165, 1.54) is 6.33 Å². The van der Waals surface area contributed by atoms with Gasteiger partial charge in [-0.25, -0.2) is 18.1 Å². The second-order valence-electron chi connectivity index (χ2n) is 5.79. The van der Waals surface area contributed by atoms with Gasteiger partial charge in [0.05, 0.1) is 11.4 Å². The standard InChI is InChI=1S/C18H20N4O2S/c1-2-3-15-6-10-18(11-7-15)25(23,24)21-17-8-4-16(5-9-17)12-22-14-19-13-20-22/h4-11,13-14,21H,2-3,12H2,1H3. The summed E-state index contributed by atoms with van der Waals surface area (Å²) in [5.74, 6) is 0. The second kappa shape index (κ2) is 7.48. The van der Waals surface area contributed by atoms with E-state index < -0.39 is 10.0 Å². The van der Waals surface area contributed by atoms with E-state index in [9.17, 15) is 8.42 Å². The summed E-state index contributed by atoms with van der Waals surface area (Å²) in [5, 5.41) is 4.05. The van der Waals surface area contributed by atoms with Gasteiger partial charge in [0.25, 0.3) is 10.0 Å². The number of hydrogen-bond donors (Lipinski definition) is 1. The van der Waals surface area contributed by atoms with Gasteiger partial charge in [-0.1, -0.05) is 37.6 Å². The zero-order valence-electron chi connectivity index (χ0n) is 14.0. The highest BCUT2D eigenvalue weighted by Crippen LogP contribution is 2.18. The molecule has 6 nitrogen and oxygen atoms in total. The summed E-state index contributed by atoms with van der Waals surface area (Å²) in [6.07, 6.45) is 5.10. The zero-order chi connectivity index (χ0) is 17.7. The lowest BCUT2D eigenvalue weighted by Crippen LogP contribution is -2.13. The third kappa shape index (κ3) is 4.45. The van der Waals surface area contributed by atoms with Gasteiger partial charge in [-0.15, -0.1) is 0 Å². The minimum absolute atomic E-state index is 0.263. The molecule has 0 bridgehead atoms. The van der Waals surface area contributed by atoms with Gasteiger partial charge in [0.1, 0.15) is 12.7 Å². The van der Waals surface area contributed by atoms with E-state index in [1.807, 2.05) is 24.3 Å². The molecule has 0 saturated carbocycles. The predicted molar refractivity (Wildman–Crippen MR) is 96.8 cm³/mol. The third-order valence-electron chi connectivity index (χ3n) is 3.79. The number of aryl methyl sites for hydroxylation is 1. The van der Waals surface area contributed by atoms with Crippen LogP contribution in [0, 0.1) is 0 Å². The molecule has 7 heteroatoms. The Morgan fingerprint density at radius 3 is 2.28 bits per heavy atom. The Kier molecular flexibility index (Phi) is 5.14. The van der Waals surface area contributed by atoms with Crippen LogP contribution in [0.5, 0.6) is 0 Å². The van der Waals surface area contributed by atoms with E-state index in [-0.39, 0.29) is 4.90 Å². The highest BCUT2D eigenvalue weighted by molar-refractivity contribution is 7.92. The van der Waals surface area contributed by atoms with Gasteiger partial charge in [-0.05, 0) is 41.8 Å². The summed E-state index contributed by atoms with van der Waals surface area (Å²) in [5.41, 5.74) is 2.68. The van der Waals surface area contributed by atoms with Crippen molar-refractivity contribution < 1.29 is 8.42 Å². The van der Waals surface area contributed by atoms with Gasteiger partial charge >= 0.3 is 0 Å². The van der Waals surface area contributed by atoms with Crippen molar-refractivity contribution in [2.45, 2.75) is 31.2 Å². The molecule has 3 rings (SSSR count). The van der Waals surface area contributed by atoms with Gasteiger partial charge in [0.15, 0.2) is 0 Å². The summed E-state index contributed by atoms with van der Waals surface area (Å²) in [6.45, 7) is 2.69. The molecule has 0 saturated heterocycles. The second-order valence-corrected chi connectivity index (χ2v) is 7.47. The molecule has 0 unspecified atom stereocenters. The van der Waals surface area contributed by atoms with Crippen LogP contribution in [0.15, 0.2) is 66.1 Å². The van der Waals surface area contributed by atoms with Crippen LogP contribution >= 0.6 is 0 Å². The molecule has 3 aromatic rings. The minimum atomic E-state index is -3.59. The van der Waals surface area contributed by atoms with Crippen LogP contribution in [0.3, 0.4) is 0 Å². The Bertz CT molecular complexity index is 903. The number of hydrogen-bond acceptors (Lipinski definition) is 4. The van der Waals surface area contributed by atoms with Crippen molar-refractivity contribution in [2.75, 3.05) is 4.72 Å². The molecule has 0 aliphatic heterocycles. The van der Waals surface area contributed by atoms with Crippen LogP contribution in [0.2, 0.25) is 0 Å². The van der Waals surface area contributed by atoms with E-state index in [2.05, 4.69) is 21.7 Å². The van der Waals surface area contributed by atoms with Gasteiger partial charge in [-0.3, -0.25) is 4.72 Å². The van der Waals surface area contributed by atoms with E-state index >= 15 is 0 Å². The van der Waals surface area contributed by atoms with Crippen molar-refractivity contribution in [2.24, 2.45) is 0 Å². The van der Waals surface area contributed by atoms with Crippen LogP contribution in [-0.4, -0.2) is 23.2 Å². The summed E-state index contributed by atoms with van der Waals surface area (Å²) in [6, 6.07) is 14.2. The number of nitrogens with zero attached hydrogens (tertiary/aromatic N) is 3. The van der Waals surface area contributed by atoms with Crippen LogP contribution in [0.1, 0.15) is 24.5 Å². The molecule has 0 aliphatic rings. The number of benzene rings is 2. The van der Waals surface area contributed by atoms with E-state index in [0.29, 0.717) is 12.2 Å².